The Kier molecular flexibility index (Phi) is 5.25. The number of hydrogen-bond acceptors (Lipinski definition) is 5. The van der Waals surface area contributed by atoms with Crippen molar-refractivity contribution in [2.24, 2.45) is 0 Å². The summed E-state index contributed by atoms with van der Waals surface area (Å²) in [4.78, 5) is 15.3. The molecule has 8 heteroatoms. The van der Waals surface area contributed by atoms with Crippen LogP contribution >= 0.6 is 23.4 Å². The Labute approximate surface area is 125 Å². The maximum absolute atomic E-state index is 11.1. The molecule has 106 valence electrons. The highest BCUT2D eigenvalue weighted by molar-refractivity contribution is 7.99. The molecule has 0 saturated heterocycles. The van der Waals surface area contributed by atoms with Crippen molar-refractivity contribution < 1.29 is 9.53 Å². The van der Waals surface area contributed by atoms with E-state index in [0.29, 0.717) is 21.8 Å². The monoisotopic (exact) mass is 312 g/mol. The number of rotatable bonds is 6. The Morgan fingerprint density at radius 1 is 1.45 bits per heavy atom. The van der Waals surface area contributed by atoms with Gasteiger partial charge in [-0.05, 0) is 24.3 Å². The van der Waals surface area contributed by atoms with E-state index in [1.54, 1.807) is 31.3 Å². The first-order chi connectivity index (χ1) is 9.67. The van der Waals surface area contributed by atoms with Crippen molar-refractivity contribution in [2.75, 3.05) is 12.8 Å². The third kappa shape index (κ3) is 4.43. The summed E-state index contributed by atoms with van der Waals surface area (Å²) in [6, 6.07) is 7.06. The number of nitrogens with zero attached hydrogens (tertiary/aromatic N) is 2. The molecule has 20 heavy (non-hydrogen) atoms. The normalized spacial score (nSPS) is 10.3. The van der Waals surface area contributed by atoms with Crippen molar-refractivity contribution in [3.05, 3.63) is 35.1 Å². The van der Waals surface area contributed by atoms with Gasteiger partial charge in [-0.3, -0.25) is 9.89 Å². The minimum absolute atomic E-state index is 0.0706. The number of carbonyl (C=O) groups excluding carboxylic acids is 1. The van der Waals surface area contributed by atoms with Crippen LogP contribution in [0.15, 0.2) is 29.4 Å². The van der Waals surface area contributed by atoms with Crippen LogP contribution in [0.4, 0.5) is 0 Å². The fraction of sp³-hybridized carbons (Fsp3) is 0.250. The van der Waals surface area contributed by atoms with Crippen LogP contribution in [0.5, 0.6) is 5.75 Å². The molecular weight excluding hydrogens is 300 g/mol. The Morgan fingerprint density at radius 2 is 2.20 bits per heavy atom. The van der Waals surface area contributed by atoms with Crippen molar-refractivity contribution >= 4 is 29.3 Å². The van der Waals surface area contributed by atoms with Gasteiger partial charge in [0.1, 0.15) is 12.4 Å². The molecule has 0 atom stereocenters. The Morgan fingerprint density at radius 3 is 2.90 bits per heavy atom. The molecule has 0 spiro atoms. The van der Waals surface area contributed by atoms with Gasteiger partial charge in [0.05, 0.1) is 5.75 Å². The SMILES string of the molecule is CNC(=O)CSc1n[nH]c(COc2ccc(Cl)cc2)n1. The van der Waals surface area contributed by atoms with Crippen LogP contribution in [0, 0.1) is 0 Å². The minimum atomic E-state index is -0.0706. The highest BCUT2D eigenvalue weighted by atomic mass is 35.5. The number of carbonyl (C=O) groups is 1. The number of thioether (sulfide) groups is 1. The zero-order chi connectivity index (χ0) is 14.4. The van der Waals surface area contributed by atoms with Crippen molar-refractivity contribution in [3.8, 4) is 5.75 Å². The molecule has 0 radical (unpaired) electrons. The van der Waals surface area contributed by atoms with Crippen LogP contribution in [0.2, 0.25) is 5.02 Å². The van der Waals surface area contributed by atoms with E-state index >= 15 is 0 Å². The van der Waals surface area contributed by atoms with Crippen LogP contribution in [0.25, 0.3) is 0 Å². The second-order valence-electron chi connectivity index (χ2n) is 3.77. The van der Waals surface area contributed by atoms with Crippen molar-refractivity contribution in [1.29, 1.82) is 0 Å². The Hall–Kier alpha value is -1.73. The number of H-pyrrole nitrogens is 1. The molecule has 2 aromatic rings. The average molecular weight is 313 g/mol. The predicted octanol–water partition coefficient (Wildman–Crippen LogP) is 1.88. The number of halogens is 1. The zero-order valence-corrected chi connectivity index (χ0v) is 12.3. The maximum Gasteiger partial charge on any atom is 0.230 e. The summed E-state index contributed by atoms with van der Waals surface area (Å²) in [5, 5.41) is 10.5. The van der Waals surface area contributed by atoms with E-state index in [0.717, 1.165) is 0 Å². The highest BCUT2D eigenvalue weighted by Crippen LogP contribution is 2.17. The molecule has 6 nitrogen and oxygen atoms in total. The molecule has 1 heterocycles. The van der Waals surface area contributed by atoms with E-state index < -0.39 is 0 Å². The lowest BCUT2D eigenvalue weighted by Gasteiger charge is -2.03. The largest absolute Gasteiger partial charge is 0.486 e. The quantitative estimate of drug-likeness (QED) is 0.796. The summed E-state index contributed by atoms with van der Waals surface area (Å²) >= 11 is 7.04. The summed E-state index contributed by atoms with van der Waals surface area (Å²) in [7, 11) is 1.59. The molecule has 0 bridgehead atoms. The number of ether oxygens (including phenoxy) is 1. The lowest BCUT2D eigenvalue weighted by molar-refractivity contribution is -0.118. The van der Waals surface area contributed by atoms with Gasteiger partial charge in [-0.15, -0.1) is 5.10 Å². The summed E-state index contributed by atoms with van der Waals surface area (Å²) in [5.74, 6) is 1.51. The fourth-order valence-electron chi connectivity index (χ4n) is 1.29. The van der Waals surface area contributed by atoms with Crippen molar-refractivity contribution in [2.45, 2.75) is 11.8 Å². The molecule has 0 fully saturated rings. The second kappa shape index (κ2) is 7.16. The number of hydrogen-bond donors (Lipinski definition) is 2. The van der Waals surface area contributed by atoms with Gasteiger partial charge in [-0.1, -0.05) is 23.4 Å². The van der Waals surface area contributed by atoms with Gasteiger partial charge in [0, 0.05) is 12.1 Å². The van der Waals surface area contributed by atoms with E-state index in [1.807, 2.05) is 0 Å². The molecule has 0 unspecified atom stereocenters. The highest BCUT2D eigenvalue weighted by Gasteiger charge is 2.07. The first-order valence-electron chi connectivity index (χ1n) is 5.80. The smallest absolute Gasteiger partial charge is 0.230 e. The Bertz CT molecular complexity index is 573. The molecular formula is C12H13ClN4O2S. The summed E-state index contributed by atoms with van der Waals surface area (Å²) in [5.41, 5.74) is 0. The first kappa shape index (κ1) is 14.7. The summed E-state index contributed by atoms with van der Waals surface area (Å²) in [6.45, 7) is 0.273. The molecule has 0 aliphatic carbocycles. The van der Waals surface area contributed by atoms with Gasteiger partial charge in [0.2, 0.25) is 11.1 Å². The summed E-state index contributed by atoms with van der Waals surface area (Å²) in [6.07, 6.45) is 0. The minimum Gasteiger partial charge on any atom is -0.486 e. The average Bonchev–Trinajstić information content (AvgIpc) is 2.92. The molecule has 1 aromatic carbocycles. The van der Waals surface area contributed by atoms with E-state index in [-0.39, 0.29) is 18.3 Å². The topological polar surface area (TPSA) is 79.9 Å². The number of benzene rings is 1. The van der Waals surface area contributed by atoms with E-state index in [1.165, 1.54) is 11.8 Å². The standard InChI is InChI=1S/C12H13ClN4O2S/c1-14-11(18)7-20-12-15-10(16-17-12)6-19-9-4-2-8(13)3-5-9/h2-5H,6-7H2,1H3,(H,14,18)(H,15,16,17). The zero-order valence-electron chi connectivity index (χ0n) is 10.7. The third-order valence-electron chi connectivity index (χ3n) is 2.31. The van der Waals surface area contributed by atoms with Crippen LogP contribution in [0.3, 0.4) is 0 Å². The van der Waals surface area contributed by atoms with E-state index in [4.69, 9.17) is 16.3 Å². The molecule has 2 N–H and O–H groups in total. The van der Waals surface area contributed by atoms with Crippen LogP contribution < -0.4 is 10.1 Å². The number of nitrogens with one attached hydrogen (secondary N) is 2. The van der Waals surface area contributed by atoms with Gasteiger partial charge in [0.25, 0.3) is 0 Å². The summed E-state index contributed by atoms with van der Waals surface area (Å²) < 4.78 is 5.53. The van der Waals surface area contributed by atoms with Gasteiger partial charge in [0.15, 0.2) is 5.82 Å². The molecule has 0 aliphatic heterocycles. The van der Waals surface area contributed by atoms with Crippen LogP contribution in [0.1, 0.15) is 5.82 Å². The van der Waals surface area contributed by atoms with E-state index in [2.05, 4.69) is 20.5 Å². The molecule has 2 rings (SSSR count). The predicted molar refractivity (Wildman–Crippen MR) is 77.0 cm³/mol. The second-order valence-corrected chi connectivity index (χ2v) is 5.15. The van der Waals surface area contributed by atoms with E-state index in [9.17, 15) is 4.79 Å². The fourth-order valence-corrected chi connectivity index (χ4v) is 2.11. The lowest BCUT2D eigenvalue weighted by Crippen LogP contribution is -2.19. The lowest BCUT2D eigenvalue weighted by atomic mass is 10.3. The molecule has 1 aromatic heterocycles. The third-order valence-corrected chi connectivity index (χ3v) is 3.41. The van der Waals surface area contributed by atoms with Gasteiger partial charge >= 0.3 is 0 Å². The van der Waals surface area contributed by atoms with Gasteiger partial charge < -0.3 is 10.1 Å². The van der Waals surface area contributed by atoms with Crippen LogP contribution in [-0.4, -0.2) is 33.9 Å². The maximum atomic E-state index is 11.1. The number of aromatic amines is 1. The Balaban J connectivity index is 1.83. The number of amides is 1. The number of aromatic nitrogens is 3. The molecule has 0 saturated carbocycles. The van der Waals surface area contributed by atoms with Gasteiger partial charge in [-0.25, -0.2) is 4.98 Å². The van der Waals surface area contributed by atoms with Crippen LogP contribution in [-0.2, 0) is 11.4 Å². The van der Waals surface area contributed by atoms with Crippen molar-refractivity contribution in [1.82, 2.24) is 20.5 Å². The molecule has 1 amide bonds. The van der Waals surface area contributed by atoms with Crippen molar-refractivity contribution in [3.63, 3.8) is 0 Å². The molecule has 0 aliphatic rings. The van der Waals surface area contributed by atoms with Gasteiger partial charge in [-0.2, -0.15) is 0 Å². The first-order valence-corrected chi connectivity index (χ1v) is 7.17.